The van der Waals surface area contributed by atoms with Crippen LogP contribution in [0.4, 0.5) is 0 Å². The van der Waals surface area contributed by atoms with Gasteiger partial charge in [0.1, 0.15) is 0 Å². The maximum atomic E-state index is 10.5. The van der Waals surface area contributed by atoms with Crippen LogP contribution in [0.3, 0.4) is 0 Å². The average Bonchev–Trinajstić information content (AvgIpc) is 2.18. The first-order chi connectivity index (χ1) is 6.74. The summed E-state index contributed by atoms with van der Waals surface area (Å²) in [4.78, 5) is 24.6. The van der Waals surface area contributed by atoms with Gasteiger partial charge in [-0.3, -0.25) is 14.6 Å². The molecule has 0 aliphatic carbocycles. The lowest BCUT2D eigenvalue weighted by atomic mass is 10.1. The standard InChI is InChI=1S/C9H10N2O3/c12-6-11-8(4-9(13)14)7-2-1-3-10-5-7/h1-3,5-6,8H,4H2,(H,11,12)(H,13,14)/t8-/m0/s1. The third-order valence-corrected chi connectivity index (χ3v) is 1.73. The van der Waals surface area contributed by atoms with Gasteiger partial charge in [-0.15, -0.1) is 0 Å². The van der Waals surface area contributed by atoms with Crippen molar-refractivity contribution in [3.8, 4) is 0 Å². The molecule has 0 bridgehead atoms. The average molecular weight is 194 g/mol. The highest BCUT2D eigenvalue weighted by Crippen LogP contribution is 2.14. The normalized spacial score (nSPS) is 11.7. The van der Waals surface area contributed by atoms with Crippen LogP contribution in [0, 0.1) is 0 Å². The molecule has 1 heterocycles. The van der Waals surface area contributed by atoms with Gasteiger partial charge in [-0.2, -0.15) is 0 Å². The summed E-state index contributed by atoms with van der Waals surface area (Å²) in [6.45, 7) is 0. The lowest BCUT2D eigenvalue weighted by Gasteiger charge is -2.12. The molecule has 0 spiro atoms. The van der Waals surface area contributed by atoms with Crippen molar-refractivity contribution in [1.82, 2.24) is 10.3 Å². The topological polar surface area (TPSA) is 79.3 Å². The third-order valence-electron chi connectivity index (χ3n) is 1.73. The molecule has 0 aliphatic rings. The quantitative estimate of drug-likeness (QED) is 0.662. The van der Waals surface area contributed by atoms with Crippen LogP contribution >= 0.6 is 0 Å². The molecule has 0 fully saturated rings. The summed E-state index contributed by atoms with van der Waals surface area (Å²) >= 11 is 0. The van der Waals surface area contributed by atoms with E-state index in [2.05, 4.69) is 10.3 Å². The lowest BCUT2D eigenvalue weighted by molar-refractivity contribution is -0.137. The summed E-state index contributed by atoms with van der Waals surface area (Å²) in [6.07, 6.45) is 3.46. The molecule has 0 aliphatic heterocycles. The molecular formula is C9H10N2O3. The molecule has 5 heteroatoms. The number of carbonyl (C=O) groups excluding carboxylic acids is 1. The van der Waals surface area contributed by atoms with E-state index in [9.17, 15) is 9.59 Å². The second-order valence-corrected chi connectivity index (χ2v) is 2.72. The van der Waals surface area contributed by atoms with Gasteiger partial charge in [0.2, 0.25) is 6.41 Å². The van der Waals surface area contributed by atoms with Crippen LogP contribution in [-0.4, -0.2) is 22.5 Å². The Morgan fingerprint density at radius 2 is 2.50 bits per heavy atom. The first-order valence-corrected chi connectivity index (χ1v) is 4.05. The summed E-state index contributed by atoms with van der Waals surface area (Å²) in [5.41, 5.74) is 0.682. The second kappa shape index (κ2) is 4.96. The monoisotopic (exact) mass is 194 g/mol. The molecule has 1 aromatic rings. The van der Waals surface area contributed by atoms with E-state index in [1.54, 1.807) is 18.3 Å². The maximum Gasteiger partial charge on any atom is 0.305 e. The fourth-order valence-corrected chi connectivity index (χ4v) is 1.11. The first-order valence-electron chi connectivity index (χ1n) is 4.05. The van der Waals surface area contributed by atoms with Crippen LogP contribution in [0.1, 0.15) is 18.0 Å². The van der Waals surface area contributed by atoms with E-state index in [0.29, 0.717) is 12.0 Å². The zero-order chi connectivity index (χ0) is 10.4. The fourth-order valence-electron chi connectivity index (χ4n) is 1.11. The minimum atomic E-state index is -0.965. The Kier molecular flexibility index (Phi) is 3.60. The van der Waals surface area contributed by atoms with Gasteiger partial charge in [-0.05, 0) is 11.6 Å². The first kappa shape index (κ1) is 10.2. The van der Waals surface area contributed by atoms with Crippen molar-refractivity contribution >= 4 is 12.4 Å². The van der Waals surface area contributed by atoms with Gasteiger partial charge in [0.15, 0.2) is 0 Å². The van der Waals surface area contributed by atoms with E-state index in [1.807, 2.05) is 0 Å². The van der Waals surface area contributed by atoms with Gasteiger partial charge in [0.05, 0.1) is 12.5 Å². The molecular weight excluding hydrogens is 184 g/mol. The number of hydrogen-bond acceptors (Lipinski definition) is 3. The maximum absolute atomic E-state index is 10.5. The Bertz CT molecular complexity index is 313. The van der Waals surface area contributed by atoms with Crippen molar-refractivity contribution < 1.29 is 14.7 Å². The lowest BCUT2D eigenvalue weighted by Crippen LogP contribution is -2.22. The largest absolute Gasteiger partial charge is 0.481 e. The highest BCUT2D eigenvalue weighted by molar-refractivity contribution is 5.68. The zero-order valence-electron chi connectivity index (χ0n) is 7.38. The zero-order valence-corrected chi connectivity index (χ0v) is 7.38. The molecule has 1 atom stereocenters. The number of carbonyl (C=O) groups is 2. The summed E-state index contributed by atoms with van der Waals surface area (Å²) in [5, 5.41) is 11.0. The number of amides is 1. The molecule has 0 unspecified atom stereocenters. The Labute approximate surface area is 80.8 Å². The molecule has 2 N–H and O–H groups in total. The van der Waals surface area contributed by atoms with Crippen LogP contribution in [-0.2, 0) is 9.59 Å². The van der Waals surface area contributed by atoms with E-state index < -0.39 is 12.0 Å². The van der Waals surface area contributed by atoms with Gasteiger partial charge < -0.3 is 10.4 Å². The van der Waals surface area contributed by atoms with Crippen molar-refractivity contribution in [3.63, 3.8) is 0 Å². The minimum Gasteiger partial charge on any atom is -0.481 e. The van der Waals surface area contributed by atoms with Crippen molar-refractivity contribution in [2.75, 3.05) is 0 Å². The molecule has 1 aromatic heterocycles. The van der Waals surface area contributed by atoms with Crippen LogP contribution in [0.5, 0.6) is 0 Å². The number of aliphatic carboxylic acids is 1. The van der Waals surface area contributed by atoms with E-state index in [0.717, 1.165) is 0 Å². The van der Waals surface area contributed by atoms with Gasteiger partial charge in [0, 0.05) is 12.4 Å². The SMILES string of the molecule is O=CN[C@@H](CC(=O)O)c1cccnc1. The van der Waals surface area contributed by atoms with Crippen LogP contribution in [0.15, 0.2) is 24.5 Å². The smallest absolute Gasteiger partial charge is 0.305 e. The summed E-state index contributed by atoms with van der Waals surface area (Å²) < 4.78 is 0. The third kappa shape index (κ3) is 2.85. The highest BCUT2D eigenvalue weighted by atomic mass is 16.4. The van der Waals surface area contributed by atoms with Crippen molar-refractivity contribution in [1.29, 1.82) is 0 Å². The number of nitrogens with zero attached hydrogens (tertiary/aromatic N) is 1. The molecule has 5 nitrogen and oxygen atoms in total. The predicted octanol–water partition coefficient (Wildman–Crippen LogP) is 0.343. The summed E-state index contributed by atoms with van der Waals surface area (Å²) in [7, 11) is 0. The van der Waals surface area contributed by atoms with E-state index in [1.165, 1.54) is 6.20 Å². The Balaban J connectivity index is 2.77. The number of pyridine rings is 1. The number of carboxylic acids is 1. The molecule has 1 amide bonds. The van der Waals surface area contributed by atoms with E-state index in [-0.39, 0.29) is 6.42 Å². The van der Waals surface area contributed by atoms with Crippen LogP contribution < -0.4 is 5.32 Å². The van der Waals surface area contributed by atoms with Gasteiger partial charge in [-0.1, -0.05) is 6.07 Å². The molecule has 0 aromatic carbocycles. The van der Waals surface area contributed by atoms with Crippen molar-refractivity contribution in [2.24, 2.45) is 0 Å². The Morgan fingerprint density at radius 3 is 3.00 bits per heavy atom. The highest BCUT2D eigenvalue weighted by Gasteiger charge is 2.13. The van der Waals surface area contributed by atoms with Gasteiger partial charge in [-0.25, -0.2) is 0 Å². The number of hydrogen-bond donors (Lipinski definition) is 2. The summed E-state index contributed by atoms with van der Waals surface area (Å²) in [5.74, 6) is -0.965. The molecule has 0 saturated carbocycles. The Hall–Kier alpha value is -1.91. The van der Waals surface area contributed by atoms with Crippen molar-refractivity contribution in [3.05, 3.63) is 30.1 Å². The van der Waals surface area contributed by atoms with E-state index in [4.69, 9.17) is 5.11 Å². The molecule has 0 saturated heterocycles. The van der Waals surface area contributed by atoms with Gasteiger partial charge in [0.25, 0.3) is 0 Å². The van der Waals surface area contributed by atoms with Crippen LogP contribution in [0.25, 0.3) is 0 Å². The number of carboxylic acid groups (broad SMARTS) is 1. The van der Waals surface area contributed by atoms with Crippen molar-refractivity contribution in [2.45, 2.75) is 12.5 Å². The summed E-state index contributed by atoms with van der Waals surface area (Å²) in [6, 6.07) is 2.90. The van der Waals surface area contributed by atoms with Crippen LogP contribution in [0.2, 0.25) is 0 Å². The van der Waals surface area contributed by atoms with Gasteiger partial charge >= 0.3 is 5.97 Å². The molecule has 1 rings (SSSR count). The second-order valence-electron chi connectivity index (χ2n) is 2.72. The predicted molar refractivity (Wildman–Crippen MR) is 48.4 cm³/mol. The van der Waals surface area contributed by atoms with E-state index >= 15 is 0 Å². The number of nitrogens with one attached hydrogen (secondary N) is 1. The number of rotatable bonds is 5. The molecule has 74 valence electrons. The Morgan fingerprint density at radius 1 is 1.71 bits per heavy atom. The molecule has 14 heavy (non-hydrogen) atoms. The minimum absolute atomic E-state index is 0.148. The number of aromatic nitrogens is 1. The molecule has 0 radical (unpaired) electrons. The fraction of sp³-hybridized carbons (Fsp3) is 0.222.